The average molecular weight is 335 g/mol. The summed E-state index contributed by atoms with van der Waals surface area (Å²) < 4.78 is 39.8. The number of nitrogens with zero attached hydrogens (tertiary/aromatic N) is 2. The molecule has 0 spiro atoms. The summed E-state index contributed by atoms with van der Waals surface area (Å²) in [6.07, 6.45) is -4.04. The number of hydrogen-bond donors (Lipinski definition) is 1. The fourth-order valence-electron chi connectivity index (χ4n) is 1.67. The number of aliphatic hydroxyl groups is 1. The van der Waals surface area contributed by atoms with Crippen molar-refractivity contribution in [1.29, 1.82) is 0 Å². The standard InChI is InChI=1S/C12H10BrF3N2O/c1-18-5-4-10(17-18)11(19)8-6-7(12(14,15)16)2-3-9(8)13/h2-6,11,19H,1H3. The van der Waals surface area contributed by atoms with Gasteiger partial charge in [-0.3, -0.25) is 4.68 Å². The predicted octanol–water partition coefficient (Wildman–Crippen LogP) is 3.28. The number of halogens is 4. The number of alkyl halides is 3. The zero-order valence-electron chi connectivity index (χ0n) is 9.82. The summed E-state index contributed by atoms with van der Waals surface area (Å²) in [6.45, 7) is 0. The Kier molecular flexibility index (Phi) is 3.69. The summed E-state index contributed by atoms with van der Waals surface area (Å²) in [4.78, 5) is 0. The van der Waals surface area contributed by atoms with Crippen LogP contribution in [0.2, 0.25) is 0 Å². The molecule has 1 unspecified atom stereocenters. The number of aryl methyl sites for hydroxylation is 1. The van der Waals surface area contributed by atoms with Gasteiger partial charge in [0.2, 0.25) is 0 Å². The monoisotopic (exact) mass is 334 g/mol. The summed E-state index contributed by atoms with van der Waals surface area (Å²) in [6, 6.07) is 4.70. The highest BCUT2D eigenvalue weighted by Gasteiger charge is 2.31. The Balaban J connectivity index is 2.44. The van der Waals surface area contributed by atoms with E-state index in [0.717, 1.165) is 12.1 Å². The van der Waals surface area contributed by atoms with E-state index in [1.165, 1.54) is 10.7 Å². The summed E-state index contributed by atoms with van der Waals surface area (Å²) in [5.74, 6) is 0. The molecule has 0 aliphatic heterocycles. The van der Waals surface area contributed by atoms with E-state index in [1.54, 1.807) is 19.3 Å². The highest BCUT2D eigenvalue weighted by Crippen LogP contribution is 2.35. The maximum absolute atomic E-state index is 12.7. The molecule has 0 fully saturated rings. The van der Waals surface area contributed by atoms with Crippen LogP contribution in [-0.4, -0.2) is 14.9 Å². The van der Waals surface area contributed by atoms with Crippen molar-refractivity contribution in [3.05, 3.63) is 51.8 Å². The van der Waals surface area contributed by atoms with E-state index in [9.17, 15) is 18.3 Å². The van der Waals surface area contributed by atoms with Gasteiger partial charge in [0.05, 0.1) is 11.3 Å². The fraction of sp³-hybridized carbons (Fsp3) is 0.250. The Morgan fingerprint density at radius 2 is 2.00 bits per heavy atom. The van der Waals surface area contributed by atoms with Crippen LogP contribution in [0.1, 0.15) is 22.9 Å². The first-order valence-corrected chi connectivity index (χ1v) is 6.12. The molecule has 2 rings (SSSR count). The van der Waals surface area contributed by atoms with Gasteiger partial charge in [0.25, 0.3) is 0 Å². The van der Waals surface area contributed by atoms with Gasteiger partial charge in [-0.15, -0.1) is 0 Å². The van der Waals surface area contributed by atoms with Crippen LogP contribution >= 0.6 is 15.9 Å². The predicted molar refractivity (Wildman–Crippen MR) is 66.4 cm³/mol. The van der Waals surface area contributed by atoms with Crippen molar-refractivity contribution < 1.29 is 18.3 Å². The van der Waals surface area contributed by atoms with Crippen molar-refractivity contribution >= 4 is 15.9 Å². The molecule has 1 aromatic heterocycles. The lowest BCUT2D eigenvalue weighted by Gasteiger charge is -2.14. The minimum atomic E-state index is -4.45. The molecule has 0 saturated heterocycles. The maximum Gasteiger partial charge on any atom is 0.416 e. The summed E-state index contributed by atoms with van der Waals surface area (Å²) >= 11 is 3.14. The van der Waals surface area contributed by atoms with Crippen LogP contribution in [0.4, 0.5) is 13.2 Å². The van der Waals surface area contributed by atoms with Crippen LogP contribution in [0.5, 0.6) is 0 Å². The largest absolute Gasteiger partial charge is 0.416 e. The van der Waals surface area contributed by atoms with E-state index in [1.807, 2.05) is 0 Å². The van der Waals surface area contributed by atoms with Crippen LogP contribution < -0.4 is 0 Å². The summed E-state index contributed by atoms with van der Waals surface area (Å²) in [7, 11) is 1.66. The first-order chi connectivity index (χ1) is 8.79. The Labute approximate surface area is 115 Å². The molecule has 3 nitrogen and oxygen atoms in total. The molecule has 7 heteroatoms. The van der Waals surface area contributed by atoms with Crippen LogP contribution in [0.3, 0.4) is 0 Å². The highest BCUT2D eigenvalue weighted by molar-refractivity contribution is 9.10. The molecule has 1 heterocycles. The summed E-state index contributed by atoms with van der Waals surface area (Å²) in [5.41, 5.74) is -0.378. The van der Waals surface area contributed by atoms with Crippen molar-refractivity contribution in [1.82, 2.24) is 9.78 Å². The van der Waals surface area contributed by atoms with E-state index >= 15 is 0 Å². The number of rotatable bonds is 2. The Morgan fingerprint density at radius 3 is 2.53 bits per heavy atom. The van der Waals surface area contributed by atoms with E-state index in [2.05, 4.69) is 21.0 Å². The number of aromatic nitrogens is 2. The molecule has 0 saturated carbocycles. The van der Waals surface area contributed by atoms with E-state index < -0.39 is 17.8 Å². The second-order valence-corrected chi connectivity index (χ2v) is 4.91. The van der Waals surface area contributed by atoms with Gasteiger partial charge < -0.3 is 5.11 Å². The third kappa shape index (κ3) is 2.98. The molecule has 0 amide bonds. The highest BCUT2D eigenvalue weighted by atomic mass is 79.9. The van der Waals surface area contributed by atoms with Crippen molar-refractivity contribution in [3.8, 4) is 0 Å². The molecule has 1 atom stereocenters. The van der Waals surface area contributed by atoms with Gasteiger partial charge in [-0.25, -0.2) is 0 Å². The first kappa shape index (κ1) is 14.1. The second-order valence-electron chi connectivity index (χ2n) is 4.05. The van der Waals surface area contributed by atoms with Gasteiger partial charge >= 0.3 is 6.18 Å². The normalized spacial score (nSPS) is 13.6. The van der Waals surface area contributed by atoms with E-state index in [-0.39, 0.29) is 5.56 Å². The van der Waals surface area contributed by atoms with Gasteiger partial charge in [-0.1, -0.05) is 15.9 Å². The van der Waals surface area contributed by atoms with Crippen LogP contribution in [0, 0.1) is 0 Å². The number of aliphatic hydroxyl groups excluding tert-OH is 1. The molecule has 1 aromatic carbocycles. The smallest absolute Gasteiger partial charge is 0.382 e. The second kappa shape index (κ2) is 4.97. The zero-order chi connectivity index (χ0) is 14.2. The van der Waals surface area contributed by atoms with E-state index in [0.29, 0.717) is 10.2 Å². The van der Waals surface area contributed by atoms with Crippen LogP contribution in [0.25, 0.3) is 0 Å². The molecule has 0 aliphatic carbocycles. The molecule has 19 heavy (non-hydrogen) atoms. The quantitative estimate of drug-likeness (QED) is 0.915. The molecule has 0 bridgehead atoms. The molecule has 102 valence electrons. The van der Waals surface area contributed by atoms with Gasteiger partial charge in [-0.2, -0.15) is 18.3 Å². The third-order valence-electron chi connectivity index (χ3n) is 2.63. The summed E-state index contributed by atoms with van der Waals surface area (Å²) in [5, 5.41) is 14.1. The van der Waals surface area contributed by atoms with Crippen molar-refractivity contribution in [3.63, 3.8) is 0 Å². The lowest BCUT2D eigenvalue weighted by molar-refractivity contribution is -0.137. The van der Waals surface area contributed by atoms with Gasteiger partial charge in [0.15, 0.2) is 0 Å². The Hall–Kier alpha value is -1.34. The van der Waals surface area contributed by atoms with Crippen molar-refractivity contribution in [2.24, 2.45) is 7.05 Å². The molecule has 1 N–H and O–H groups in total. The van der Waals surface area contributed by atoms with Crippen molar-refractivity contribution in [2.45, 2.75) is 12.3 Å². The lowest BCUT2D eigenvalue weighted by Crippen LogP contribution is -2.08. The maximum atomic E-state index is 12.7. The van der Waals surface area contributed by atoms with Gasteiger partial charge in [0, 0.05) is 23.3 Å². The molecule has 0 aliphatic rings. The molecule has 0 radical (unpaired) electrons. The Morgan fingerprint density at radius 1 is 1.32 bits per heavy atom. The van der Waals surface area contributed by atoms with E-state index in [4.69, 9.17) is 0 Å². The zero-order valence-corrected chi connectivity index (χ0v) is 11.4. The minimum absolute atomic E-state index is 0.133. The molecule has 2 aromatic rings. The van der Waals surface area contributed by atoms with Crippen molar-refractivity contribution in [2.75, 3.05) is 0 Å². The third-order valence-corrected chi connectivity index (χ3v) is 3.35. The fourth-order valence-corrected chi connectivity index (χ4v) is 2.13. The minimum Gasteiger partial charge on any atom is -0.382 e. The van der Waals surface area contributed by atoms with Crippen LogP contribution in [0.15, 0.2) is 34.9 Å². The lowest BCUT2D eigenvalue weighted by atomic mass is 10.0. The average Bonchev–Trinajstić information content (AvgIpc) is 2.74. The van der Waals surface area contributed by atoms with Gasteiger partial charge in [-0.05, 0) is 24.3 Å². The topological polar surface area (TPSA) is 38.0 Å². The van der Waals surface area contributed by atoms with Crippen LogP contribution in [-0.2, 0) is 13.2 Å². The molecular weight excluding hydrogens is 325 g/mol. The SMILES string of the molecule is Cn1ccc(C(O)c2cc(C(F)(F)F)ccc2Br)n1. The molecular formula is C12H10BrF3N2O. The number of hydrogen-bond acceptors (Lipinski definition) is 2. The van der Waals surface area contributed by atoms with Gasteiger partial charge in [0.1, 0.15) is 6.10 Å². The first-order valence-electron chi connectivity index (χ1n) is 5.33. The Bertz CT molecular complexity index is 595. The number of benzene rings is 1.